The predicted octanol–water partition coefficient (Wildman–Crippen LogP) is 9.43. The van der Waals surface area contributed by atoms with E-state index in [0.717, 1.165) is 19.3 Å². The molecule has 0 saturated carbocycles. The lowest BCUT2D eigenvalue weighted by Gasteiger charge is -2.26. The van der Waals surface area contributed by atoms with Crippen molar-refractivity contribution in [1.29, 1.82) is 0 Å². The SMILES string of the molecule is Cc1ccccc1C1=C(C=CC2=[N+](C)c3ccccc3C2(C)C)CCCC1=CC=C1N(C)c2ccccc2C1(C)C. The van der Waals surface area contributed by atoms with E-state index in [-0.39, 0.29) is 10.8 Å². The van der Waals surface area contributed by atoms with E-state index >= 15 is 0 Å². The van der Waals surface area contributed by atoms with Gasteiger partial charge in [-0.3, -0.25) is 0 Å². The molecule has 2 aliphatic heterocycles. The van der Waals surface area contributed by atoms with Crippen LogP contribution in [-0.2, 0) is 10.8 Å². The van der Waals surface area contributed by atoms with E-state index in [9.17, 15) is 0 Å². The van der Waals surface area contributed by atoms with Gasteiger partial charge in [0.05, 0.1) is 5.41 Å². The molecule has 3 aromatic carbocycles. The van der Waals surface area contributed by atoms with Crippen LogP contribution >= 0.6 is 0 Å². The van der Waals surface area contributed by atoms with Crippen LogP contribution in [0.3, 0.4) is 0 Å². The summed E-state index contributed by atoms with van der Waals surface area (Å²) in [7, 11) is 4.42. The molecule has 0 atom stereocenters. The molecule has 208 valence electrons. The number of hydrogen-bond acceptors (Lipinski definition) is 1. The van der Waals surface area contributed by atoms with Crippen molar-refractivity contribution < 1.29 is 4.58 Å². The average Bonchev–Trinajstić information content (AvgIpc) is 3.28. The van der Waals surface area contributed by atoms with Gasteiger partial charge in [0.25, 0.3) is 0 Å². The molecule has 2 heterocycles. The summed E-state index contributed by atoms with van der Waals surface area (Å²) < 4.78 is 2.37. The molecule has 0 radical (unpaired) electrons. The van der Waals surface area contributed by atoms with Crippen molar-refractivity contribution in [3.63, 3.8) is 0 Å². The van der Waals surface area contributed by atoms with Gasteiger partial charge < -0.3 is 4.90 Å². The number of rotatable bonds is 4. The first kappa shape index (κ1) is 27.3. The van der Waals surface area contributed by atoms with Gasteiger partial charge in [-0.15, -0.1) is 0 Å². The van der Waals surface area contributed by atoms with Crippen molar-refractivity contribution >= 4 is 22.7 Å². The van der Waals surface area contributed by atoms with Crippen molar-refractivity contribution in [3.8, 4) is 0 Å². The third-order valence-corrected chi connectivity index (χ3v) is 9.71. The fourth-order valence-electron chi connectivity index (χ4n) is 7.42. The highest BCUT2D eigenvalue weighted by atomic mass is 15.2. The second-order valence-corrected chi connectivity index (χ2v) is 12.9. The largest absolute Gasteiger partial charge is 0.347 e. The lowest BCUT2D eigenvalue weighted by Crippen LogP contribution is -2.26. The van der Waals surface area contributed by atoms with Gasteiger partial charge in [0, 0.05) is 41.6 Å². The molecule has 0 unspecified atom stereocenters. The second kappa shape index (κ2) is 10.2. The van der Waals surface area contributed by atoms with Gasteiger partial charge >= 0.3 is 0 Å². The molecular formula is C39H43N2+. The number of hydrogen-bond donors (Lipinski definition) is 0. The van der Waals surface area contributed by atoms with Crippen LogP contribution in [0.25, 0.3) is 5.57 Å². The van der Waals surface area contributed by atoms with Gasteiger partial charge in [-0.05, 0) is 85.6 Å². The Balaban J connectivity index is 1.46. The normalized spacial score (nSPS) is 21.4. The highest BCUT2D eigenvalue weighted by Gasteiger charge is 2.42. The molecule has 0 aromatic heterocycles. The fourth-order valence-corrected chi connectivity index (χ4v) is 7.42. The maximum atomic E-state index is 2.42. The summed E-state index contributed by atoms with van der Waals surface area (Å²) in [5, 5.41) is 0. The molecule has 0 amide bonds. The van der Waals surface area contributed by atoms with Gasteiger partial charge in [0.15, 0.2) is 5.71 Å². The van der Waals surface area contributed by atoms with Gasteiger partial charge in [0.2, 0.25) is 5.69 Å². The Hall–Kier alpha value is -3.91. The lowest BCUT2D eigenvalue weighted by molar-refractivity contribution is -0.401. The van der Waals surface area contributed by atoms with E-state index in [0.29, 0.717) is 0 Å². The maximum Gasteiger partial charge on any atom is 0.209 e. The Morgan fingerprint density at radius 3 is 2.17 bits per heavy atom. The molecule has 41 heavy (non-hydrogen) atoms. The predicted molar refractivity (Wildman–Crippen MR) is 175 cm³/mol. The molecule has 0 N–H and O–H groups in total. The monoisotopic (exact) mass is 539 g/mol. The molecule has 0 fully saturated rings. The van der Waals surface area contributed by atoms with Crippen LogP contribution in [0, 0.1) is 6.92 Å². The summed E-state index contributed by atoms with van der Waals surface area (Å²) in [5.41, 5.74) is 15.0. The van der Waals surface area contributed by atoms with E-state index < -0.39 is 0 Å². The van der Waals surface area contributed by atoms with Gasteiger partial charge in [0.1, 0.15) is 7.05 Å². The van der Waals surface area contributed by atoms with Crippen molar-refractivity contribution in [3.05, 3.63) is 136 Å². The molecule has 0 spiro atoms. The summed E-state index contributed by atoms with van der Waals surface area (Å²) in [6, 6.07) is 26.5. The number of benzene rings is 3. The third kappa shape index (κ3) is 4.45. The summed E-state index contributed by atoms with van der Waals surface area (Å²) in [6.07, 6.45) is 13.0. The number of nitrogens with zero attached hydrogens (tertiary/aromatic N) is 2. The molecule has 2 heteroatoms. The smallest absolute Gasteiger partial charge is 0.209 e. The third-order valence-electron chi connectivity index (χ3n) is 9.71. The highest BCUT2D eigenvalue weighted by molar-refractivity contribution is 6.03. The molecule has 6 rings (SSSR count). The van der Waals surface area contributed by atoms with Gasteiger partial charge in [-0.1, -0.05) is 86.7 Å². The molecule has 2 nitrogen and oxygen atoms in total. The minimum absolute atomic E-state index is 0.0311. The van der Waals surface area contributed by atoms with Crippen molar-refractivity contribution in [2.75, 3.05) is 19.0 Å². The molecule has 1 aliphatic carbocycles. The molecular weight excluding hydrogens is 496 g/mol. The fraction of sp³-hybridized carbons (Fsp3) is 0.308. The average molecular weight is 540 g/mol. The minimum atomic E-state index is -0.0311. The number of anilines is 1. The zero-order chi connectivity index (χ0) is 28.9. The zero-order valence-corrected chi connectivity index (χ0v) is 25.8. The molecule has 3 aromatic rings. The van der Waals surface area contributed by atoms with Crippen LogP contribution in [0.5, 0.6) is 0 Å². The Kier molecular flexibility index (Phi) is 6.77. The van der Waals surface area contributed by atoms with E-state index in [1.807, 2.05) is 0 Å². The van der Waals surface area contributed by atoms with E-state index in [2.05, 4.69) is 155 Å². The first-order valence-corrected chi connectivity index (χ1v) is 15.0. The van der Waals surface area contributed by atoms with Crippen LogP contribution in [0.1, 0.15) is 69.2 Å². The quantitative estimate of drug-likeness (QED) is 0.299. The Morgan fingerprint density at radius 2 is 1.44 bits per heavy atom. The zero-order valence-electron chi connectivity index (χ0n) is 25.8. The molecule has 3 aliphatic rings. The maximum absolute atomic E-state index is 2.42. The van der Waals surface area contributed by atoms with Crippen LogP contribution in [0.2, 0.25) is 0 Å². The Labute approximate surface area is 246 Å². The number of allylic oxidation sites excluding steroid dienone is 8. The summed E-state index contributed by atoms with van der Waals surface area (Å²) >= 11 is 0. The highest BCUT2D eigenvalue weighted by Crippen LogP contribution is 2.47. The number of likely N-dealkylation sites (N-methyl/N-ethyl adjacent to an activating group) is 1. The van der Waals surface area contributed by atoms with E-state index in [1.165, 1.54) is 61.8 Å². The van der Waals surface area contributed by atoms with E-state index in [4.69, 9.17) is 0 Å². The first-order valence-electron chi connectivity index (χ1n) is 15.0. The van der Waals surface area contributed by atoms with Crippen LogP contribution in [0.15, 0.2) is 114 Å². The number of aryl methyl sites for hydroxylation is 1. The van der Waals surface area contributed by atoms with Crippen molar-refractivity contribution in [2.24, 2.45) is 0 Å². The number of fused-ring (bicyclic) bond motifs is 2. The summed E-state index contributed by atoms with van der Waals surface area (Å²) in [6.45, 7) is 11.6. The minimum Gasteiger partial charge on any atom is -0.347 e. The summed E-state index contributed by atoms with van der Waals surface area (Å²) in [4.78, 5) is 2.37. The topological polar surface area (TPSA) is 6.25 Å². The second-order valence-electron chi connectivity index (χ2n) is 12.9. The standard InChI is InChI=1S/C39H43N2/c1-27-15-8-9-18-30(27)37-28(23-25-35-38(2,3)31-19-10-12-21-33(31)40(35)6)16-14-17-29(37)24-26-36-39(4,5)32-20-11-13-22-34(32)41(36)7/h8-13,15,18-26H,14,16-17H2,1-7H3/q+1. The van der Waals surface area contributed by atoms with Crippen LogP contribution in [-0.4, -0.2) is 24.4 Å². The molecule has 0 saturated heterocycles. The van der Waals surface area contributed by atoms with Crippen molar-refractivity contribution in [2.45, 2.75) is 64.7 Å². The summed E-state index contributed by atoms with van der Waals surface area (Å²) in [5.74, 6) is 0. The number of para-hydroxylation sites is 2. The van der Waals surface area contributed by atoms with Gasteiger partial charge in [-0.2, -0.15) is 4.58 Å². The van der Waals surface area contributed by atoms with Crippen LogP contribution < -0.4 is 4.90 Å². The van der Waals surface area contributed by atoms with E-state index in [1.54, 1.807) is 0 Å². The Bertz CT molecular complexity index is 1690. The van der Waals surface area contributed by atoms with Crippen molar-refractivity contribution in [1.82, 2.24) is 0 Å². The van der Waals surface area contributed by atoms with Gasteiger partial charge in [-0.25, -0.2) is 0 Å². The Morgan fingerprint density at radius 1 is 0.756 bits per heavy atom. The first-order chi connectivity index (χ1) is 19.6. The lowest BCUT2D eigenvalue weighted by atomic mass is 9.79. The molecule has 0 bridgehead atoms. The van der Waals surface area contributed by atoms with Crippen LogP contribution in [0.4, 0.5) is 11.4 Å².